The fraction of sp³-hybridized carbons (Fsp3) is 0.421. The second-order valence-electron chi connectivity index (χ2n) is 6.47. The van der Waals surface area contributed by atoms with Crippen molar-refractivity contribution in [3.05, 3.63) is 54.0 Å². The second kappa shape index (κ2) is 7.53. The van der Waals surface area contributed by atoms with Crippen molar-refractivity contribution in [1.82, 2.24) is 14.9 Å². The Kier molecular flexibility index (Phi) is 5.20. The van der Waals surface area contributed by atoms with Crippen molar-refractivity contribution in [1.29, 1.82) is 0 Å². The van der Waals surface area contributed by atoms with Gasteiger partial charge in [0, 0.05) is 31.0 Å². The maximum absolute atomic E-state index is 12.3. The van der Waals surface area contributed by atoms with Crippen LogP contribution in [0.25, 0.3) is 0 Å². The third kappa shape index (κ3) is 3.97. The molecular weight excluding hydrogens is 300 g/mol. The lowest BCUT2D eigenvalue weighted by Crippen LogP contribution is -2.42. The van der Waals surface area contributed by atoms with E-state index in [1.807, 2.05) is 18.2 Å². The monoisotopic (exact) mass is 324 g/mol. The Hall–Kier alpha value is -2.27. The lowest BCUT2D eigenvalue weighted by Gasteiger charge is -2.35. The highest BCUT2D eigenvalue weighted by molar-refractivity contribution is 5.96. The van der Waals surface area contributed by atoms with Gasteiger partial charge in [0.2, 0.25) is 0 Å². The topological polar surface area (TPSA) is 49.3 Å². The zero-order valence-electron chi connectivity index (χ0n) is 14.4. The number of hydrogen-bond acceptors (Lipinski definition) is 5. The standard InChI is InChI=1S/C19H24N4O/c1-22-11-8-17(9-12-22)23(2)19-7-3-6-16(21-19)13-18(24)15-5-4-10-20-14-15/h3-7,10,14,17H,8-9,11-13H2,1-2H3. The summed E-state index contributed by atoms with van der Waals surface area (Å²) in [5.41, 5.74) is 1.44. The Morgan fingerprint density at radius 1 is 1.25 bits per heavy atom. The minimum atomic E-state index is 0.0506. The van der Waals surface area contributed by atoms with Crippen LogP contribution in [0, 0.1) is 0 Å². The first kappa shape index (κ1) is 16.6. The molecule has 1 aliphatic rings. The largest absolute Gasteiger partial charge is 0.357 e. The molecule has 0 atom stereocenters. The van der Waals surface area contributed by atoms with Crippen molar-refractivity contribution in [2.45, 2.75) is 25.3 Å². The molecule has 1 aliphatic heterocycles. The molecule has 1 fully saturated rings. The fourth-order valence-electron chi connectivity index (χ4n) is 3.13. The Morgan fingerprint density at radius 3 is 2.75 bits per heavy atom. The maximum atomic E-state index is 12.3. The first-order valence-electron chi connectivity index (χ1n) is 8.44. The Bertz CT molecular complexity index is 681. The quantitative estimate of drug-likeness (QED) is 0.791. The van der Waals surface area contributed by atoms with Gasteiger partial charge in [0.1, 0.15) is 5.82 Å². The number of anilines is 1. The van der Waals surface area contributed by atoms with E-state index in [0.29, 0.717) is 18.0 Å². The number of hydrogen-bond donors (Lipinski definition) is 0. The van der Waals surface area contributed by atoms with Crippen LogP contribution < -0.4 is 4.90 Å². The van der Waals surface area contributed by atoms with Gasteiger partial charge in [-0.1, -0.05) is 6.07 Å². The summed E-state index contributed by atoms with van der Waals surface area (Å²) in [6, 6.07) is 10.0. The Morgan fingerprint density at radius 2 is 2.04 bits per heavy atom. The molecule has 0 N–H and O–H groups in total. The van der Waals surface area contributed by atoms with E-state index < -0.39 is 0 Å². The van der Waals surface area contributed by atoms with Gasteiger partial charge in [-0.25, -0.2) is 4.98 Å². The molecule has 0 bridgehead atoms. The highest BCUT2D eigenvalue weighted by Gasteiger charge is 2.21. The molecule has 0 aliphatic carbocycles. The number of Topliss-reactive ketones (excluding diaryl/α,β-unsaturated/α-hetero) is 1. The summed E-state index contributed by atoms with van der Waals surface area (Å²) in [6.45, 7) is 2.24. The molecule has 5 nitrogen and oxygen atoms in total. The molecule has 0 aromatic carbocycles. The minimum Gasteiger partial charge on any atom is -0.357 e. The van der Waals surface area contributed by atoms with E-state index in [9.17, 15) is 4.79 Å². The molecule has 2 aromatic rings. The van der Waals surface area contributed by atoms with E-state index in [2.05, 4.69) is 28.9 Å². The lowest BCUT2D eigenvalue weighted by molar-refractivity contribution is 0.0991. The van der Waals surface area contributed by atoms with Crippen LogP contribution in [0.5, 0.6) is 0 Å². The number of carbonyl (C=O) groups is 1. The van der Waals surface area contributed by atoms with Crippen molar-refractivity contribution >= 4 is 11.6 Å². The van der Waals surface area contributed by atoms with Crippen LogP contribution in [0.15, 0.2) is 42.7 Å². The number of piperidine rings is 1. The van der Waals surface area contributed by atoms with Crippen molar-refractivity contribution in [2.24, 2.45) is 0 Å². The normalized spacial score (nSPS) is 16.1. The van der Waals surface area contributed by atoms with E-state index in [1.54, 1.807) is 24.5 Å². The molecule has 1 saturated heterocycles. The van der Waals surface area contributed by atoms with Crippen LogP contribution >= 0.6 is 0 Å². The highest BCUT2D eigenvalue weighted by Crippen LogP contribution is 2.20. The van der Waals surface area contributed by atoms with Gasteiger partial charge < -0.3 is 9.80 Å². The number of likely N-dealkylation sites (tertiary alicyclic amines) is 1. The van der Waals surface area contributed by atoms with Gasteiger partial charge in [-0.15, -0.1) is 0 Å². The number of ketones is 1. The summed E-state index contributed by atoms with van der Waals surface area (Å²) < 4.78 is 0. The third-order valence-corrected chi connectivity index (χ3v) is 4.71. The summed E-state index contributed by atoms with van der Waals surface area (Å²) >= 11 is 0. The molecule has 0 radical (unpaired) electrons. The predicted molar refractivity (Wildman–Crippen MR) is 95.4 cm³/mol. The van der Waals surface area contributed by atoms with Gasteiger partial charge >= 0.3 is 0 Å². The van der Waals surface area contributed by atoms with Crippen LogP contribution in [0.2, 0.25) is 0 Å². The third-order valence-electron chi connectivity index (χ3n) is 4.71. The SMILES string of the molecule is CN1CCC(N(C)c2cccc(CC(=O)c3cccnc3)n2)CC1. The van der Waals surface area contributed by atoms with Crippen molar-refractivity contribution < 1.29 is 4.79 Å². The molecule has 126 valence electrons. The van der Waals surface area contributed by atoms with E-state index in [4.69, 9.17) is 4.98 Å². The minimum absolute atomic E-state index is 0.0506. The van der Waals surface area contributed by atoms with Gasteiger partial charge in [0.05, 0.1) is 12.1 Å². The molecule has 2 aromatic heterocycles. The summed E-state index contributed by atoms with van der Waals surface area (Å²) in [7, 11) is 4.27. The number of carbonyl (C=O) groups excluding carboxylic acids is 1. The van der Waals surface area contributed by atoms with Crippen molar-refractivity contribution in [2.75, 3.05) is 32.1 Å². The predicted octanol–water partition coefficient (Wildman–Crippen LogP) is 2.43. The molecular formula is C19H24N4O. The summed E-state index contributed by atoms with van der Waals surface area (Å²) in [6.07, 6.45) is 5.88. The van der Waals surface area contributed by atoms with Gasteiger partial charge in [0.25, 0.3) is 0 Å². The smallest absolute Gasteiger partial charge is 0.170 e. The molecule has 0 spiro atoms. The average molecular weight is 324 g/mol. The number of pyridine rings is 2. The van der Waals surface area contributed by atoms with E-state index >= 15 is 0 Å². The van der Waals surface area contributed by atoms with E-state index in [1.165, 1.54) is 0 Å². The van der Waals surface area contributed by atoms with Crippen molar-refractivity contribution in [3.8, 4) is 0 Å². The summed E-state index contributed by atoms with van der Waals surface area (Å²) in [5.74, 6) is 0.996. The molecule has 3 heterocycles. The lowest BCUT2D eigenvalue weighted by atomic mass is 10.0. The molecule has 5 heteroatoms. The zero-order valence-corrected chi connectivity index (χ0v) is 14.4. The zero-order chi connectivity index (χ0) is 16.9. The fourth-order valence-corrected chi connectivity index (χ4v) is 3.13. The Balaban J connectivity index is 1.68. The molecule has 0 saturated carbocycles. The Labute approximate surface area is 143 Å². The van der Waals surface area contributed by atoms with E-state index in [0.717, 1.165) is 37.4 Å². The second-order valence-corrected chi connectivity index (χ2v) is 6.47. The van der Waals surface area contributed by atoms with Gasteiger partial charge in [0.15, 0.2) is 5.78 Å². The van der Waals surface area contributed by atoms with Crippen molar-refractivity contribution in [3.63, 3.8) is 0 Å². The van der Waals surface area contributed by atoms with Gasteiger partial charge in [-0.05, 0) is 57.2 Å². The number of nitrogens with zero attached hydrogens (tertiary/aromatic N) is 4. The van der Waals surface area contributed by atoms with Crippen LogP contribution in [0.4, 0.5) is 5.82 Å². The molecule has 24 heavy (non-hydrogen) atoms. The van der Waals surface area contributed by atoms with Crippen LogP contribution in [-0.2, 0) is 6.42 Å². The highest BCUT2D eigenvalue weighted by atomic mass is 16.1. The summed E-state index contributed by atoms with van der Waals surface area (Å²) in [5, 5.41) is 0. The van der Waals surface area contributed by atoms with Crippen LogP contribution in [-0.4, -0.2) is 53.9 Å². The first-order valence-corrected chi connectivity index (χ1v) is 8.44. The molecule has 0 unspecified atom stereocenters. The molecule has 0 amide bonds. The molecule has 3 rings (SSSR count). The first-order chi connectivity index (χ1) is 11.6. The average Bonchev–Trinajstić information content (AvgIpc) is 2.63. The van der Waals surface area contributed by atoms with Crippen LogP contribution in [0.1, 0.15) is 28.9 Å². The van der Waals surface area contributed by atoms with E-state index in [-0.39, 0.29) is 5.78 Å². The maximum Gasteiger partial charge on any atom is 0.170 e. The van der Waals surface area contributed by atoms with Gasteiger partial charge in [-0.2, -0.15) is 0 Å². The number of rotatable bonds is 5. The summed E-state index contributed by atoms with van der Waals surface area (Å²) in [4.78, 5) is 25.7. The van der Waals surface area contributed by atoms with Crippen LogP contribution in [0.3, 0.4) is 0 Å². The number of aromatic nitrogens is 2. The van der Waals surface area contributed by atoms with Gasteiger partial charge in [-0.3, -0.25) is 9.78 Å².